The summed E-state index contributed by atoms with van der Waals surface area (Å²) in [6.45, 7) is 4.00. The second-order valence-electron chi connectivity index (χ2n) is 7.79. The van der Waals surface area contributed by atoms with Crippen molar-refractivity contribution in [3.63, 3.8) is 0 Å². The Kier molecular flexibility index (Phi) is 5.00. The van der Waals surface area contributed by atoms with Crippen LogP contribution in [0, 0.1) is 6.92 Å². The van der Waals surface area contributed by atoms with Crippen molar-refractivity contribution in [3.8, 4) is 0 Å². The smallest absolute Gasteiger partial charge is 0.257 e. The number of aromatic amines is 1. The summed E-state index contributed by atoms with van der Waals surface area (Å²) < 4.78 is 0. The van der Waals surface area contributed by atoms with Gasteiger partial charge < -0.3 is 20.5 Å². The van der Waals surface area contributed by atoms with Crippen LogP contribution < -0.4 is 15.5 Å². The molecule has 3 heterocycles. The van der Waals surface area contributed by atoms with Crippen LogP contribution in [0.4, 0.5) is 23.1 Å². The van der Waals surface area contributed by atoms with Gasteiger partial charge in [-0.05, 0) is 50.1 Å². The van der Waals surface area contributed by atoms with E-state index in [2.05, 4.69) is 30.5 Å². The lowest BCUT2D eigenvalue weighted by Gasteiger charge is -2.17. The van der Waals surface area contributed by atoms with Crippen molar-refractivity contribution in [1.29, 1.82) is 0 Å². The maximum atomic E-state index is 12.7. The summed E-state index contributed by atoms with van der Waals surface area (Å²) in [5.41, 5.74) is 4.14. The number of hydrogen-bond acceptors (Lipinski definition) is 5. The SMILES string of the molecule is Cc1cc(Nc2ccc(NC(=O)c3c[nH]c4ccccc34)cc2)nc(N2CCCC2)n1. The molecule has 4 aromatic rings. The van der Waals surface area contributed by atoms with Gasteiger partial charge in [-0.1, -0.05) is 18.2 Å². The van der Waals surface area contributed by atoms with Gasteiger partial charge in [0.2, 0.25) is 5.95 Å². The molecule has 1 amide bonds. The number of para-hydroxylation sites is 1. The van der Waals surface area contributed by atoms with E-state index in [1.807, 2.05) is 61.5 Å². The molecule has 0 radical (unpaired) electrons. The van der Waals surface area contributed by atoms with Crippen molar-refractivity contribution >= 4 is 40.0 Å². The lowest BCUT2D eigenvalue weighted by Crippen LogP contribution is -2.21. The number of amides is 1. The number of hydrogen-bond donors (Lipinski definition) is 3. The zero-order chi connectivity index (χ0) is 21.2. The van der Waals surface area contributed by atoms with E-state index in [4.69, 9.17) is 0 Å². The molecule has 0 spiro atoms. The van der Waals surface area contributed by atoms with Crippen molar-refractivity contribution < 1.29 is 4.79 Å². The molecule has 1 saturated heterocycles. The summed E-state index contributed by atoms with van der Waals surface area (Å²) in [5.74, 6) is 1.41. The molecule has 0 atom stereocenters. The molecule has 0 bridgehead atoms. The maximum Gasteiger partial charge on any atom is 0.257 e. The monoisotopic (exact) mass is 412 g/mol. The number of fused-ring (bicyclic) bond motifs is 1. The number of benzene rings is 2. The van der Waals surface area contributed by atoms with Crippen LogP contribution in [0.1, 0.15) is 28.9 Å². The first-order valence-electron chi connectivity index (χ1n) is 10.5. The van der Waals surface area contributed by atoms with Gasteiger partial charge in [0.25, 0.3) is 5.91 Å². The Morgan fingerprint density at radius 3 is 2.55 bits per heavy atom. The largest absolute Gasteiger partial charge is 0.360 e. The number of H-pyrrole nitrogens is 1. The second kappa shape index (κ2) is 8.10. The number of anilines is 4. The minimum atomic E-state index is -0.139. The number of nitrogens with one attached hydrogen (secondary N) is 3. The molecular weight excluding hydrogens is 388 g/mol. The van der Waals surface area contributed by atoms with Crippen LogP contribution >= 0.6 is 0 Å². The number of rotatable bonds is 5. The third-order valence-electron chi connectivity index (χ3n) is 5.48. The molecule has 2 aromatic heterocycles. The molecule has 0 aliphatic carbocycles. The number of aryl methyl sites for hydroxylation is 1. The highest BCUT2D eigenvalue weighted by molar-refractivity contribution is 6.12. The van der Waals surface area contributed by atoms with Crippen molar-refractivity contribution in [3.05, 3.63) is 72.1 Å². The summed E-state index contributed by atoms with van der Waals surface area (Å²) in [7, 11) is 0. The zero-order valence-electron chi connectivity index (χ0n) is 17.4. The van der Waals surface area contributed by atoms with E-state index in [1.165, 1.54) is 12.8 Å². The van der Waals surface area contributed by atoms with E-state index in [9.17, 15) is 4.79 Å². The van der Waals surface area contributed by atoms with Gasteiger partial charge >= 0.3 is 0 Å². The van der Waals surface area contributed by atoms with Crippen molar-refractivity contribution in [2.45, 2.75) is 19.8 Å². The third kappa shape index (κ3) is 4.07. The fourth-order valence-corrected chi connectivity index (χ4v) is 3.92. The van der Waals surface area contributed by atoms with Crippen LogP contribution in [0.2, 0.25) is 0 Å². The highest BCUT2D eigenvalue weighted by Gasteiger charge is 2.16. The molecule has 7 heteroatoms. The molecular formula is C24H24N6O. The van der Waals surface area contributed by atoms with Crippen LogP contribution in [-0.4, -0.2) is 33.9 Å². The molecule has 0 saturated carbocycles. The molecule has 1 aliphatic rings. The van der Waals surface area contributed by atoms with Crippen molar-refractivity contribution in [1.82, 2.24) is 15.0 Å². The van der Waals surface area contributed by atoms with Crippen LogP contribution in [0.3, 0.4) is 0 Å². The Hall–Kier alpha value is -3.87. The van der Waals surface area contributed by atoms with E-state index in [0.29, 0.717) is 5.56 Å². The van der Waals surface area contributed by atoms with Gasteiger partial charge in [-0.2, -0.15) is 4.98 Å². The van der Waals surface area contributed by atoms with E-state index in [0.717, 1.165) is 52.8 Å². The Morgan fingerprint density at radius 1 is 1.00 bits per heavy atom. The number of carbonyl (C=O) groups is 1. The van der Waals surface area contributed by atoms with Crippen molar-refractivity contribution in [2.75, 3.05) is 28.6 Å². The fraction of sp³-hybridized carbons (Fsp3) is 0.208. The molecule has 31 heavy (non-hydrogen) atoms. The van der Waals surface area contributed by atoms with Gasteiger partial charge in [-0.3, -0.25) is 4.79 Å². The standard InChI is InChI=1S/C24H24N6O/c1-16-14-22(29-24(26-16)30-12-4-5-13-30)27-17-8-10-18(11-9-17)28-23(31)20-15-25-21-7-3-2-6-19(20)21/h2-3,6-11,14-15,25H,4-5,12-13H2,1H3,(H,28,31)(H,26,27,29). The first-order valence-corrected chi connectivity index (χ1v) is 10.5. The summed E-state index contributed by atoms with van der Waals surface area (Å²) >= 11 is 0. The Bertz CT molecular complexity index is 1220. The molecule has 5 rings (SSSR count). The Balaban J connectivity index is 1.29. The van der Waals surface area contributed by atoms with Gasteiger partial charge in [-0.25, -0.2) is 4.98 Å². The van der Waals surface area contributed by atoms with Crippen molar-refractivity contribution in [2.24, 2.45) is 0 Å². The van der Waals surface area contributed by atoms with E-state index < -0.39 is 0 Å². The summed E-state index contributed by atoms with van der Waals surface area (Å²) in [4.78, 5) is 27.3. The van der Waals surface area contributed by atoms with Gasteiger partial charge in [0.15, 0.2) is 0 Å². The molecule has 3 N–H and O–H groups in total. The molecule has 2 aromatic carbocycles. The number of aromatic nitrogens is 3. The fourth-order valence-electron chi connectivity index (χ4n) is 3.92. The second-order valence-corrected chi connectivity index (χ2v) is 7.79. The first-order chi connectivity index (χ1) is 15.2. The normalized spacial score (nSPS) is 13.5. The van der Waals surface area contributed by atoms with Gasteiger partial charge in [0.1, 0.15) is 5.82 Å². The zero-order valence-corrected chi connectivity index (χ0v) is 17.4. The topological polar surface area (TPSA) is 85.9 Å². The van der Waals surface area contributed by atoms with E-state index in [-0.39, 0.29) is 5.91 Å². The summed E-state index contributed by atoms with van der Waals surface area (Å²) in [6, 6.07) is 17.3. The minimum absolute atomic E-state index is 0.139. The lowest BCUT2D eigenvalue weighted by atomic mass is 10.1. The van der Waals surface area contributed by atoms with Crippen LogP contribution in [0.5, 0.6) is 0 Å². The van der Waals surface area contributed by atoms with Crippen LogP contribution in [-0.2, 0) is 0 Å². The summed E-state index contributed by atoms with van der Waals surface area (Å²) in [5, 5.41) is 7.22. The predicted octanol–water partition coefficient (Wildman–Crippen LogP) is 4.86. The minimum Gasteiger partial charge on any atom is -0.360 e. The molecule has 0 unspecified atom stereocenters. The lowest BCUT2D eigenvalue weighted by molar-refractivity contribution is 0.102. The predicted molar refractivity (Wildman–Crippen MR) is 124 cm³/mol. The first kappa shape index (κ1) is 19.1. The van der Waals surface area contributed by atoms with E-state index >= 15 is 0 Å². The molecule has 1 aliphatic heterocycles. The Labute approximate surface area is 180 Å². The van der Waals surface area contributed by atoms with Crippen LogP contribution in [0.25, 0.3) is 10.9 Å². The molecule has 7 nitrogen and oxygen atoms in total. The van der Waals surface area contributed by atoms with Crippen LogP contribution in [0.15, 0.2) is 60.8 Å². The quantitative estimate of drug-likeness (QED) is 0.436. The van der Waals surface area contributed by atoms with Gasteiger partial charge in [0, 0.05) is 53.3 Å². The summed E-state index contributed by atoms with van der Waals surface area (Å²) in [6.07, 6.45) is 4.11. The van der Waals surface area contributed by atoms with E-state index in [1.54, 1.807) is 6.20 Å². The highest BCUT2D eigenvalue weighted by Crippen LogP contribution is 2.23. The average molecular weight is 412 g/mol. The Morgan fingerprint density at radius 2 is 1.74 bits per heavy atom. The number of nitrogens with zero attached hydrogens (tertiary/aromatic N) is 3. The molecule has 1 fully saturated rings. The average Bonchev–Trinajstić information content (AvgIpc) is 3.45. The van der Waals surface area contributed by atoms with Gasteiger partial charge in [-0.15, -0.1) is 0 Å². The third-order valence-corrected chi connectivity index (χ3v) is 5.48. The number of carbonyl (C=O) groups excluding carboxylic acids is 1. The highest BCUT2D eigenvalue weighted by atomic mass is 16.1. The van der Waals surface area contributed by atoms with Gasteiger partial charge in [0.05, 0.1) is 5.56 Å². The molecule has 156 valence electrons. The maximum absolute atomic E-state index is 12.7.